The Bertz CT molecular complexity index is 869. The molecule has 0 radical (unpaired) electrons. The van der Waals surface area contributed by atoms with E-state index in [1.165, 1.54) is 148 Å². The molecule has 0 saturated heterocycles. The third kappa shape index (κ3) is 42.0. The van der Waals surface area contributed by atoms with E-state index in [0.717, 1.165) is 44.9 Å². The number of ether oxygens (including phenoxy) is 2. The smallest absolute Gasteiger partial charge is 0.457 e. The van der Waals surface area contributed by atoms with E-state index in [4.69, 9.17) is 24.3 Å². The van der Waals surface area contributed by atoms with Crippen LogP contribution < -0.4 is 5.73 Å². The van der Waals surface area contributed by atoms with Crippen LogP contribution in [0.25, 0.3) is 0 Å². The molecule has 314 valence electrons. The molecule has 53 heavy (non-hydrogen) atoms. The number of carbonyl (C=O) groups is 1. The zero-order valence-electron chi connectivity index (χ0n) is 34.8. The van der Waals surface area contributed by atoms with Crippen LogP contribution in [0.1, 0.15) is 213 Å². The number of phosphoric ester groups is 1. The monoisotopic (exact) mass is 772 g/mol. The van der Waals surface area contributed by atoms with E-state index >= 15 is 0 Å². The molecule has 0 bridgehead atoms. The van der Waals surface area contributed by atoms with Crippen LogP contribution in [0.2, 0.25) is 0 Å². The van der Waals surface area contributed by atoms with Gasteiger partial charge in [-0.1, -0.05) is 186 Å². The predicted molar refractivity (Wildman–Crippen MR) is 224 cm³/mol. The lowest BCUT2D eigenvalue weighted by Gasteiger charge is -2.20. The van der Waals surface area contributed by atoms with E-state index in [0.29, 0.717) is 13.0 Å². The fraction of sp³-hybridized carbons (Fsp3) is 0.886. The van der Waals surface area contributed by atoms with Crippen molar-refractivity contribution in [2.24, 2.45) is 5.73 Å². The number of esters is 1. The molecule has 0 aromatic rings. The standard InChI is InChI=1S/C44H86NO7P/c1-3-5-7-9-11-13-15-17-19-21-22-23-25-27-29-31-33-35-37-44(46)52-43(42-51-53(47,48)50-40-38-45)41-49-39-36-34-32-30-28-26-24-20-18-16-14-12-10-8-6-4-2/h12,14,18,20,43H,3-11,13,15-17,19,21-42,45H2,1-2H3,(H,47,48)/b14-12-,20-18-. The summed E-state index contributed by atoms with van der Waals surface area (Å²) in [5, 5.41) is 0. The third-order valence-electron chi connectivity index (χ3n) is 9.62. The van der Waals surface area contributed by atoms with Gasteiger partial charge < -0.3 is 20.1 Å². The molecule has 0 heterocycles. The average molecular weight is 772 g/mol. The lowest BCUT2D eigenvalue weighted by molar-refractivity contribution is -0.154. The quantitative estimate of drug-likeness (QED) is 0.0272. The van der Waals surface area contributed by atoms with E-state index in [1.807, 2.05) is 0 Å². The molecule has 0 aliphatic rings. The van der Waals surface area contributed by atoms with Crippen molar-refractivity contribution in [1.29, 1.82) is 0 Å². The van der Waals surface area contributed by atoms with Crippen LogP contribution in [-0.2, 0) is 27.9 Å². The highest BCUT2D eigenvalue weighted by Crippen LogP contribution is 2.43. The average Bonchev–Trinajstić information content (AvgIpc) is 3.15. The van der Waals surface area contributed by atoms with Crippen molar-refractivity contribution in [3.8, 4) is 0 Å². The minimum Gasteiger partial charge on any atom is -0.457 e. The van der Waals surface area contributed by atoms with Gasteiger partial charge in [0.25, 0.3) is 0 Å². The van der Waals surface area contributed by atoms with Crippen LogP contribution in [0.5, 0.6) is 0 Å². The Hall–Kier alpha value is -1.02. The van der Waals surface area contributed by atoms with Crippen LogP contribution in [0.4, 0.5) is 0 Å². The molecule has 0 spiro atoms. The Kier molecular flexibility index (Phi) is 41.3. The van der Waals surface area contributed by atoms with Gasteiger partial charge in [0, 0.05) is 19.6 Å². The van der Waals surface area contributed by atoms with Crippen molar-refractivity contribution in [2.45, 2.75) is 219 Å². The van der Waals surface area contributed by atoms with Gasteiger partial charge in [-0.05, 0) is 44.9 Å². The first-order chi connectivity index (χ1) is 25.9. The Balaban J connectivity index is 4.00. The molecule has 0 aliphatic carbocycles. The highest BCUT2D eigenvalue weighted by molar-refractivity contribution is 7.47. The van der Waals surface area contributed by atoms with E-state index in [9.17, 15) is 14.3 Å². The molecule has 8 nitrogen and oxygen atoms in total. The third-order valence-corrected chi connectivity index (χ3v) is 10.6. The van der Waals surface area contributed by atoms with Crippen molar-refractivity contribution in [1.82, 2.24) is 0 Å². The minimum atomic E-state index is -4.28. The van der Waals surface area contributed by atoms with Crippen molar-refractivity contribution in [2.75, 3.05) is 33.0 Å². The molecule has 9 heteroatoms. The second kappa shape index (κ2) is 42.1. The van der Waals surface area contributed by atoms with Gasteiger partial charge in [-0.15, -0.1) is 0 Å². The summed E-state index contributed by atoms with van der Waals surface area (Å²) in [5.74, 6) is -0.330. The fourth-order valence-electron chi connectivity index (χ4n) is 6.32. The van der Waals surface area contributed by atoms with Crippen molar-refractivity contribution in [3.05, 3.63) is 24.3 Å². The van der Waals surface area contributed by atoms with Crippen LogP contribution in [0.15, 0.2) is 24.3 Å². The first-order valence-electron chi connectivity index (χ1n) is 22.3. The molecule has 0 saturated carbocycles. The molecule has 0 amide bonds. The maximum atomic E-state index is 12.6. The van der Waals surface area contributed by atoms with Gasteiger partial charge in [0.05, 0.1) is 19.8 Å². The van der Waals surface area contributed by atoms with Crippen LogP contribution in [-0.4, -0.2) is 49.9 Å². The number of hydrogen-bond acceptors (Lipinski definition) is 7. The summed E-state index contributed by atoms with van der Waals surface area (Å²) in [4.78, 5) is 22.5. The number of phosphoric acid groups is 1. The number of unbranched alkanes of at least 4 members (excludes halogenated alkanes) is 26. The molecule has 3 N–H and O–H groups in total. The van der Waals surface area contributed by atoms with Gasteiger partial charge in [-0.25, -0.2) is 4.57 Å². The van der Waals surface area contributed by atoms with Gasteiger partial charge in [0.15, 0.2) is 0 Å². The van der Waals surface area contributed by atoms with Gasteiger partial charge in [0.2, 0.25) is 0 Å². The zero-order chi connectivity index (χ0) is 38.8. The van der Waals surface area contributed by atoms with E-state index in [-0.39, 0.29) is 32.3 Å². The summed E-state index contributed by atoms with van der Waals surface area (Å²) in [6.07, 6.45) is 46.2. The fourth-order valence-corrected chi connectivity index (χ4v) is 7.09. The summed E-state index contributed by atoms with van der Waals surface area (Å²) >= 11 is 0. The number of allylic oxidation sites excluding steroid dienone is 4. The Morgan fingerprint density at radius 3 is 1.51 bits per heavy atom. The topological polar surface area (TPSA) is 117 Å². The SMILES string of the molecule is CCCCC/C=C\C/C=C\CCCCCCCCOCC(COP(=O)(O)OCCN)OC(=O)CCCCCCCCCCCCCCCCCCCC. The molecular formula is C44H86NO7P. The van der Waals surface area contributed by atoms with Crippen molar-refractivity contribution in [3.63, 3.8) is 0 Å². The van der Waals surface area contributed by atoms with Gasteiger partial charge in [-0.2, -0.15) is 0 Å². The summed E-state index contributed by atoms with van der Waals surface area (Å²) in [6, 6.07) is 0. The van der Waals surface area contributed by atoms with Crippen molar-refractivity contribution >= 4 is 13.8 Å². The second-order valence-electron chi connectivity index (χ2n) is 14.9. The second-order valence-corrected chi connectivity index (χ2v) is 16.4. The first kappa shape index (κ1) is 52.0. The molecule has 0 aliphatic heterocycles. The van der Waals surface area contributed by atoms with Gasteiger partial charge in [0.1, 0.15) is 6.10 Å². The molecular weight excluding hydrogens is 685 g/mol. The number of carbonyl (C=O) groups excluding carboxylic acids is 1. The maximum absolute atomic E-state index is 12.6. The van der Waals surface area contributed by atoms with Crippen LogP contribution in [0, 0.1) is 0 Å². The summed E-state index contributed by atoms with van der Waals surface area (Å²) in [7, 11) is -4.28. The highest BCUT2D eigenvalue weighted by Gasteiger charge is 2.25. The Labute approximate surface area is 327 Å². The summed E-state index contributed by atoms with van der Waals surface area (Å²) < 4.78 is 33.4. The Morgan fingerprint density at radius 1 is 0.566 bits per heavy atom. The molecule has 2 unspecified atom stereocenters. The van der Waals surface area contributed by atoms with Crippen molar-refractivity contribution < 1.29 is 32.8 Å². The zero-order valence-corrected chi connectivity index (χ0v) is 35.7. The summed E-state index contributed by atoms with van der Waals surface area (Å²) in [6.45, 7) is 4.91. The largest absolute Gasteiger partial charge is 0.472 e. The van der Waals surface area contributed by atoms with Crippen LogP contribution in [0.3, 0.4) is 0 Å². The summed E-state index contributed by atoms with van der Waals surface area (Å²) in [5.41, 5.74) is 5.37. The molecule has 0 aromatic carbocycles. The van der Waals surface area contributed by atoms with Gasteiger partial charge >= 0.3 is 13.8 Å². The normalized spacial score (nSPS) is 13.7. The van der Waals surface area contributed by atoms with Gasteiger partial charge in [-0.3, -0.25) is 13.8 Å². The number of hydrogen-bond donors (Lipinski definition) is 2. The molecule has 0 aromatic heterocycles. The van der Waals surface area contributed by atoms with E-state index in [1.54, 1.807) is 0 Å². The predicted octanol–water partition coefficient (Wildman–Crippen LogP) is 13.3. The first-order valence-corrected chi connectivity index (χ1v) is 23.8. The lowest BCUT2D eigenvalue weighted by atomic mass is 10.0. The maximum Gasteiger partial charge on any atom is 0.472 e. The molecule has 0 rings (SSSR count). The van der Waals surface area contributed by atoms with Crippen LogP contribution >= 0.6 is 7.82 Å². The number of rotatable bonds is 43. The highest BCUT2D eigenvalue weighted by atomic mass is 31.2. The Morgan fingerprint density at radius 2 is 1.00 bits per heavy atom. The molecule has 0 fully saturated rings. The molecule has 2 atom stereocenters. The van der Waals surface area contributed by atoms with E-state index in [2.05, 4.69) is 38.2 Å². The minimum absolute atomic E-state index is 0.0956. The number of nitrogens with two attached hydrogens (primary N) is 1. The van der Waals surface area contributed by atoms with E-state index < -0.39 is 13.9 Å². The lowest BCUT2D eigenvalue weighted by Crippen LogP contribution is -2.28.